The summed E-state index contributed by atoms with van der Waals surface area (Å²) in [6.45, 7) is 1.55. The standard InChI is InChI=1S/C16H11F5N2O/c1-10-6-14(17)13(15(18)7-10)9-23-22-8-11-2-4-12(5-3-11)24-16(19,20)21/h2-9H,1H3/b22-8-,23-9+. The first-order valence-corrected chi connectivity index (χ1v) is 6.62. The minimum atomic E-state index is -4.76. The van der Waals surface area contributed by atoms with Crippen molar-refractivity contribution in [3.05, 3.63) is 64.7 Å². The third-order valence-corrected chi connectivity index (χ3v) is 2.80. The van der Waals surface area contributed by atoms with Gasteiger partial charge in [-0.15, -0.1) is 13.2 Å². The van der Waals surface area contributed by atoms with E-state index < -0.39 is 18.0 Å². The van der Waals surface area contributed by atoms with Crippen molar-refractivity contribution >= 4 is 12.4 Å². The normalized spacial score (nSPS) is 12.2. The second-order valence-electron chi connectivity index (χ2n) is 4.75. The number of hydrogen-bond donors (Lipinski definition) is 0. The van der Waals surface area contributed by atoms with Crippen molar-refractivity contribution in [1.82, 2.24) is 0 Å². The Labute approximate surface area is 134 Å². The van der Waals surface area contributed by atoms with Gasteiger partial charge in [-0.1, -0.05) is 0 Å². The van der Waals surface area contributed by atoms with E-state index >= 15 is 0 Å². The van der Waals surface area contributed by atoms with Gasteiger partial charge in [0.15, 0.2) is 0 Å². The molecular weight excluding hydrogens is 331 g/mol. The number of benzene rings is 2. The Morgan fingerprint density at radius 2 is 1.46 bits per heavy atom. The zero-order valence-corrected chi connectivity index (χ0v) is 12.3. The van der Waals surface area contributed by atoms with Crippen LogP contribution >= 0.6 is 0 Å². The molecule has 2 rings (SSSR count). The lowest BCUT2D eigenvalue weighted by atomic mass is 10.1. The van der Waals surface area contributed by atoms with Crippen LogP contribution in [-0.4, -0.2) is 18.8 Å². The zero-order chi connectivity index (χ0) is 17.7. The largest absolute Gasteiger partial charge is 0.573 e. The van der Waals surface area contributed by atoms with Crippen molar-refractivity contribution in [3.8, 4) is 5.75 Å². The van der Waals surface area contributed by atoms with Crippen molar-refractivity contribution in [3.63, 3.8) is 0 Å². The Kier molecular flexibility index (Phi) is 5.28. The highest BCUT2D eigenvalue weighted by atomic mass is 19.4. The minimum absolute atomic E-state index is 0.327. The van der Waals surface area contributed by atoms with E-state index in [2.05, 4.69) is 14.9 Å². The summed E-state index contributed by atoms with van der Waals surface area (Å²) >= 11 is 0. The van der Waals surface area contributed by atoms with Gasteiger partial charge in [0.1, 0.15) is 17.4 Å². The van der Waals surface area contributed by atoms with Gasteiger partial charge in [-0.2, -0.15) is 10.2 Å². The predicted molar refractivity (Wildman–Crippen MR) is 79.4 cm³/mol. The van der Waals surface area contributed by atoms with Crippen LogP contribution in [0.2, 0.25) is 0 Å². The first-order chi connectivity index (χ1) is 11.2. The third kappa shape index (κ3) is 5.15. The van der Waals surface area contributed by atoms with Crippen LogP contribution in [0.1, 0.15) is 16.7 Å². The summed E-state index contributed by atoms with van der Waals surface area (Å²) < 4.78 is 66.9. The highest BCUT2D eigenvalue weighted by Crippen LogP contribution is 2.22. The maximum absolute atomic E-state index is 13.6. The molecule has 0 aromatic heterocycles. The molecule has 8 heteroatoms. The fourth-order valence-corrected chi connectivity index (χ4v) is 1.78. The number of nitrogens with zero attached hydrogens (tertiary/aromatic N) is 2. The monoisotopic (exact) mass is 342 g/mol. The van der Waals surface area contributed by atoms with E-state index in [0.29, 0.717) is 11.1 Å². The van der Waals surface area contributed by atoms with Gasteiger partial charge in [0.2, 0.25) is 0 Å². The summed E-state index contributed by atoms with van der Waals surface area (Å²) in [4.78, 5) is 0. The van der Waals surface area contributed by atoms with Crippen molar-refractivity contribution < 1.29 is 26.7 Å². The summed E-state index contributed by atoms with van der Waals surface area (Å²) in [5.74, 6) is -1.90. The van der Waals surface area contributed by atoms with Gasteiger partial charge in [0.05, 0.1) is 18.0 Å². The molecule has 0 fully saturated rings. The van der Waals surface area contributed by atoms with E-state index in [1.165, 1.54) is 18.3 Å². The van der Waals surface area contributed by atoms with Crippen LogP contribution in [0.4, 0.5) is 22.0 Å². The number of rotatable bonds is 4. The van der Waals surface area contributed by atoms with Gasteiger partial charge >= 0.3 is 6.36 Å². The summed E-state index contributed by atoms with van der Waals surface area (Å²) in [7, 11) is 0. The van der Waals surface area contributed by atoms with Crippen molar-refractivity contribution in [1.29, 1.82) is 0 Å². The smallest absolute Gasteiger partial charge is 0.406 e. The SMILES string of the molecule is Cc1cc(F)c(/C=N/N=C\c2ccc(OC(F)(F)F)cc2)c(F)c1. The van der Waals surface area contributed by atoms with E-state index in [9.17, 15) is 22.0 Å². The maximum atomic E-state index is 13.6. The average molecular weight is 342 g/mol. The van der Waals surface area contributed by atoms with Crippen LogP contribution < -0.4 is 4.74 Å². The molecule has 0 saturated carbocycles. The van der Waals surface area contributed by atoms with Crippen molar-refractivity contribution in [2.75, 3.05) is 0 Å². The lowest BCUT2D eigenvalue weighted by Gasteiger charge is -2.08. The Morgan fingerprint density at radius 3 is 2.00 bits per heavy atom. The van der Waals surface area contributed by atoms with E-state index in [1.807, 2.05) is 0 Å². The van der Waals surface area contributed by atoms with Crippen LogP contribution in [0.25, 0.3) is 0 Å². The van der Waals surface area contributed by atoms with E-state index in [1.54, 1.807) is 6.92 Å². The molecule has 0 heterocycles. The number of aryl methyl sites for hydroxylation is 1. The van der Waals surface area contributed by atoms with Gasteiger partial charge in [-0.3, -0.25) is 0 Å². The number of halogens is 5. The molecule has 0 unspecified atom stereocenters. The van der Waals surface area contributed by atoms with E-state index in [-0.39, 0.29) is 11.3 Å². The molecule has 2 aromatic rings. The molecule has 126 valence electrons. The fourth-order valence-electron chi connectivity index (χ4n) is 1.78. The van der Waals surface area contributed by atoms with Gasteiger partial charge in [0, 0.05) is 0 Å². The molecule has 0 aliphatic heterocycles. The molecule has 0 radical (unpaired) electrons. The molecule has 0 saturated heterocycles. The first-order valence-electron chi connectivity index (χ1n) is 6.62. The molecule has 0 aliphatic carbocycles. The molecule has 0 amide bonds. The lowest BCUT2D eigenvalue weighted by Crippen LogP contribution is -2.16. The van der Waals surface area contributed by atoms with Gasteiger partial charge in [-0.25, -0.2) is 8.78 Å². The molecule has 2 aromatic carbocycles. The Bertz CT molecular complexity index is 744. The maximum Gasteiger partial charge on any atom is 0.573 e. The van der Waals surface area contributed by atoms with E-state index in [0.717, 1.165) is 30.5 Å². The van der Waals surface area contributed by atoms with Crippen LogP contribution in [0, 0.1) is 18.6 Å². The molecule has 0 aliphatic rings. The number of hydrogen-bond acceptors (Lipinski definition) is 3. The van der Waals surface area contributed by atoms with Crippen LogP contribution in [0.5, 0.6) is 5.75 Å². The molecular formula is C16H11F5N2O. The van der Waals surface area contributed by atoms with Crippen LogP contribution in [0.3, 0.4) is 0 Å². The first kappa shape index (κ1) is 17.6. The summed E-state index contributed by atoms with van der Waals surface area (Å²) in [5.41, 5.74) is 0.546. The average Bonchev–Trinajstić information content (AvgIpc) is 2.45. The van der Waals surface area contributed by atoms with Crippen molar-refractivity contribution in [2.24, 2.45) is 10.2 Å². The Hall–Kier alpha value is -2.77. The molecule has 0 atom stereocenters. The summed E-state index contributed by atoms with van der Waals surface area (Å²) in [5, 5.41) is 7.12. The molecule has 0 spiro atoms. The van der Waals surface area contributed by atoms with Crippen LogP contribution in [0.15, 0.2) is 46.6 Å². The number of ether oxygens (including phenoxy) is 1. The predicted octanol–water partition coefficient (Wildman–Crippen LogP) is 4.62. The molecule has 0 N–H and O–H groups in total. The van der Waals surface area contributed by atoms with Gasteiger partial charge in [0.25, 0.3) is 0 Å². The summed E-state index contributed by atoms with van der Waals surface area (Å²) in [6.07, 6.45) is -2.62. The fraction of sp³-hybridized carbons (Fsp3) is 0.125. The van der Waals surface area contributed by atoms with Crippen molar-refractivity contribution in [2.45, 2.75) is 13.3 Å². The minimum Gasteiger partial charge on any atom is -0.406 e. The molecule has 24 heavy (non-hydrogen) atoms. The molecule has 0 bridgehead atoms. The zero-order valence-electron chi connectivity index (χ0n) is 12.3. The Morgan fingerprint density at radius 1 is 0.917 bits per heavy atom. The highest BCUT2D eigenvalue weighted by Gasteiger charge is 2.30. The lowest BCUT2D eigenvalue weighted by molar-refractivity contribution is -0.274. The van der Waals surface area contributed by atoms with Crippen LogP contribution in [-0.2, 0) is 0 Å². The quantitative estimate of drug-likeness (QED) is 0.453. The van der Waals surface area contributed by atoms with E-state index in [4.69, 9.17) is 0 Å². The third-order valence-electron chi connectivity index (χ3n) is 2.80. The second-order valence-corrected chi connectivity index (χ2v) is 4.75. The highest BCUT2D eigenvalue weighted by molar-refractivity contribution is 5.83. The topological polar surface area (TPSA) is 34.0 Å². The van der Waals surface area contributed by atoms with Gasteiger partial charge in [-0.05, 0) is 54.4 Å². The van der Waals surface area contributed by atoms with Gasteiger partial charge < -0.3 is 4.74 Å². The second kappa shape index (κ2) is 7.20. The Balaban J connectivity index is 2.04. The summed E-state index contributed by atoms with van der Waals surface area (Å²) in [6, 6.07) is 7.19. The number of alkyl halides is 3. The molecule has 3 nitrogen and oxygen atoms in total.